The van der Waals surface area contributed by atoms with Gasteiger partial charge in [0.2, 0.25) is 0 Å². The van der Waals surface area contributed by atoms with E-state index in [9.17, 15) is 13.5 Å². The molecule has 0 fully saturated rings. The molecular weight excluding hydrogens is 314 g/mol. The maximum absolute atomic E-state index is 12.9. The molecule has 0 bridgehead atoms. The number of rotatable bonds is 4. The molecular formula is C16H21N3O3S. The zero-order valence-corrected chi connectivity index (χ0v) is 14.1. The molecule has 3 rings (SSSR count). The van der Waals surface area contributed by atoms with E-state index in [1.54, 1.807) is 10.8 Å². The van der Waals surface area contributed by atoms with Gasteiger partial charge in [0.1, 0.15) is 0 Å². The lowest BCUT2D eigenvalue weighted by atomic mass is 9.95. The van der Waals surface area contributed by atoms with Crippen molar-refractivity contribution in [2.45, 2.75) is 37.4 Å². The lowest BCUT2D eigenvalue weighted by Gasteiger charge is -2.34. The van der Waals surface area contributed by atoms with Gasteiger partial charge in [-0.2, -0.15) is 4.31 Å². The molecule has 2 aromatic rings. The highest BCUT2D eigenvalue weighted by molar-refractivity contribution is 7.89. The van der Waals surface area contributed by atoms with Crippen LogP contribution < -0.4 is 0 Å². The van der Waals surface area contributed by atoms with Gasteiger partial charge in [-0.25, -0.2) is 13.4 Å². The Kier molecular flexibility index (Phi) is 4.27. The minimum absolute atomic E-state index is 0.0315. The molecule has 6 nitrogen and oxygen atoms in total. The second-order valence-electron chi connectivity index (χ2n) is 6.02. The summed E-state index contributed by atoms with van der Waals surface area (Å²) >= 11 is 0. The second-order valence-corrected chi connectivity index (χ2v) is 7.85. The Morgan fingerprint density at radius 1 is 1.35 bits per heavy atom. The number of aliphatic hydroxyl groups is 1. The van der Waals surface area contributed by atoms with Gasteiger partial charge in [-0.3, -0.25) is 0 Å². The van der Waals surface area contributed by atoms with Gasteiger partial charge in [-0.05, 0) is 31.4 Å². The third-order valence-electron chi connectivity index (χ3n) is 4.28. The fourth-order valence-electron chi connectivity index (χ4n) is 2.96. The van der Waals surface area contributed by atoms with E-state index in [2.05, 4.69) is 4.98 Å². The fraction of sp³-hybridized carbons (Fsp3) is 0.438. The van der Waals surface area contributed by atoms with Gasteiger partial charge in [0, 0.05) is 18.8 Å². The normalized spacial score (nSPS) is 19.0. The van der Waals surface area contributed by atoms with Crippen molar-refractivity contribution >= 4 is 10.0 Å². The van der Waals surface area contributed by atoms with Crippen LogP contribution in [0.2, 0.25) is 0 Å². The van der Waals surface area contributed by atoms with E-state index in [4.69, 9.17) is 0 Å². The van der Waals surface area contributed by atoms with E-state index in [0.717, 1.165) is 11.1 Å². The summed E-state index contributed by atoms with van der Waals surface area (Å²) in [6, 6.07) is 7.24. The van der Waals surface area contributed by atoms with Gasteiger partial charge in [0.15, 0.2) is 5.03 Å². The van der Waals surface area contributed by atoms with Crippen molar-refractivity contribution in [2.24, 2.45) is 0 Å². The SMILES string of the molecule is CC(C)n1cnc(S(=O)(=O)N2CCc3ccccc3[C@@H]2CO)c1. The topological polar surface area (TPSA) is 75.4 Å². The van der Waals surface area contributed by atoms with Crippen molar-refractivity contribution in [1.29, 1.82) is 0 Å². The van der Waals surface area contributed by atoms with Crippen LogP contribution in [0.3, 0.4) is 0 Å². The lowest BCUT2D eigenvalue weighted by molar-refractivity contribution is 0.180. The van der Waals surface area contributed by atoms with Crippen molar-refractivity contribution in [2.75, 3.05) is 13.2 Å². The predicted octanol–water partition coefficient (Wildman–Crippen LogP) is 1.74. The van der Waals surface area contributed by atoms with Gasteiger partial charge in [-0.15, -0.1) is 0 Å². The van der Waals surface area contributed by atoms with Gasteiger partial charge in [-0.1, -0.05) is 24.3 Å². The van der Waals surface area contributed by atoms with Crippen molar-refractivity contribution in [3.63, 3.8) is 0 Å². The summed E-state index contributed by atoms with van der Waals surface area (Å²) in [4.78, 5) is 4.06. The van der Waals surface area contributed by atoms with E-state index in [-0.39, 0.29) is 17.7 Å². The summed E-state index contributed by atoms with van der Waals surface area (Å²) in [6.07, 6.45) is 3.72. The van der Waals surface area contributed by atoms with Gasteiger partial charge >= 0.3 is 0 Å². The van der Waals surface area contributed by atoms with Gasteiger partial charge < -0.3 is 9.67 Å². The molecule has 23 heavy (non-hydrogen) atoms. The van der Waals surface area contributed by atoms with Crippen LogP contribution in [-0.2, 0) is 16.4 Å². The Morgan fingerprint density at radius 3 is 2.74 bits per heavy atom. The number of imidazole rings is 1. The third kappa shape index (κ3) is 2.80. The highest BCUT2D eigenvalue weighted by Crippen LogP contribution is 2.33. The van der Waals surface area contributed by atoms with Crippen LogP contribution in [0.15, 0.2) is 41.8 Å². The molecule has 1 aliphatic heterocycles. The summed E-state index contributed by atoms with van der Waals surface area (Å²) in [5.41, 5.74) is 1.96. The van der Waals surface area contributed by atoms with Crippen LogP contribution in [0.1, 0.15) is 37.1 Å². The zero-order valence-electron chi connectivity index (χ0n) is 13.3. The zero-order chi connectivity index (χ0) is 16.6. The Balaban J connectivity index is 1.99. The quantitative estimate of drug-likeness (QED) is 0.923. The fourth-order valence-corrected chi connectivity index (χ4v) is 4.48. The lowest BCUT2D eigenvalue weighted by Crippen LogP contribution is -2.41. The van der Waals surface area contributed by atoms with Crippen LogP contribution in [-0.4, -0.2) is 40.5 Å². The number of aromatic nitrogens is 2. The van der Waals surface area contributed by atoms with E-state index in [0.29, 0.717) is 13.0 Å². The Bertz CT molecular complexity index is 798. The Labute approximate surface area is 136 Å². The number of aliphatic hydroxyl groups excluding tert-OH is 1. The van der Waals surface area contributed by atoms with Crippen molar-refractivity contribution in [3.8, 4) is 0 Å². The molecule has 1 aliphatic rings. The number of hydrogen-bond acceptors (Lipinski definition) is 4. The average molecular weight is 335 g/mol. The summed E-state index contributed by atoms with van der Waals surface area (Å²) in [6.45, 7) is 4.03. The summed E-state index contributed by atoms with van der Waals surface area (Å²) < 4.78 is 29.0. The molecule has 1 atom stereocenters. The van der Waals surface area contributed by atoms with Crippen molar-refractivity contribution in [1.82, 2.24) is 13.9 Å². The highest BCUT2D eigenvalue weighted by Gasteiger charge is 2.37. The molecule has 1 aromatic carbocycles. The molecule has 0 radical (unpaired) electrons. The summed E-state index contributed by atoms with van der Waals surface area (Å²) in [5, 5.41) is 9.81. The molecule has 2 heterocycles. The number of fused-ring (bicyclic) bond motifs is 1. The molecule has 0 saturated carbocycles. The monoisotopic (exact) mass is 335 g/mol. The molecule has 0 saturated heterocycles. The summed E-state index contributed by atoms with van der Waals surface area (Å²) in [5.74, 6) is 0. The van der Waals surface area contributed by atoms with E-state index in [1.165, 1.54) is 10.6 Å². The van der Waals surface area contributed by atoms with Gasteiger partial charge in [0.25, 0.3) is 10.0 Å². The molecule has 124 valence electrons. The molecule has 1 N–H and O–H groups in total. The van der Waals surface area contributed by atoms with Crippen LogP contribution in [0.25, 0.3) is 0 Å². The number of hydrogen-bond donors (Lipinski definition) is 1. The molecule has 0 unspecified atom stereocenters. The average Bonchev–Trinajstić information content (AvgIpc) is 3.04. The Morgan fingerprint density at radius 2 is 2.09 bits per heavy atom. The van der Waals surface area contributed by atoms with Crippen LogP contribution in [0, 0.1) is 0 Å². The molecule has 0 aliphatic carbocycles. The maximum Gasteiger partial charge on any atom is 0.262 e. The van der Waals surface area contributed by atoms with E-state index in [1.807, 2.05) is 38.1 Å². The first-order chi connectivity index (χ1) is 10.9. The minimum atomic E-state index is -3.74. The first kappa shape index (κ1) is 16.2. The minimum Gasteiger partial charge on any atom is -0.394 e. The largest absolute Gasteiger partial charge is 0.394 e. The van der Waals surface area contributed by atoms with Crippen molar-refractivity contribution < 1.29 is 13.5 Å². The maximum atomic E-state index is 12.9. The molecule has 1 aromatic heterocycles. The van der Waals surface area contributed by atoms with Crippen LogP contribution in [0.5, 0.6) is 0 Å². The predicted molar refractivity (Wildman–Crippen MR) is 86.5 cm³/mol. The molecule has 0 amide bonds. The van der Waals surface area contributed by atoms with E-state index < -0.39 is 16.1 Å². The first-order valence-corrected chi connectivity index (χ1v) is 9.13. The molecule has 7 heteroatoms. The van der Waals surface area contributed by atoms with Gasteiger partial charge in [0.05, 0.1) is 19.0 Å². The van der Waals surface area contributed by atoms with E-state index >= 15 is 0 Å². The standard InChI is InChI=1S/C16H21N3O3S/c1-12(2)18-9-16(17-11-18)23(21,22)19-8-7-13-5-3-4-6-14(13)15(19)10-20/h3-6,9,11-12,15,20H,7-8,10H2,1-2H3/t15-/m0/s1. The number of nitrogens with zero attached hydrogens (tertiary/aromatic N) is 3. The highest BCUT2D eigenvalue weighted by atomic mass is 32.2. The van der Waals surface area contributed by atoms with Crippen LogP contribution >= 0.6 is 0 Å². The van der Waals surface area contributed by atoms with Crippen LogP contribution in [0.4, 0.5) is 0 Å². The number of benzene rings is 1. The smallest absolute Gasteiger partial charge is 0.262 e. The number of sulfonamides is 1. The Hall–Kier alpha value is -1.70. The van der Waals surface area contributed by atoms with Crippen molar-refractivity contribution in [3.05, 3.63) is 47.9 Å². The summed E-state index contributed by atoms with van der Waals surface area (Å²) in [7, 11) is -3.74. The second kappa shape index (κ2) is 6.07. The first-order valence-electron chi connectivity index (χ1n) is 7.69. The molecule has 0 spiro atoms. The third-order valence-corrected chi connectivity index (χ3v) is 6.08.